The molecule has 6 saturated heterocycles. The van der Waals surface area contributed by atoms with Gasteiger partial charge in [-0.05, 0) is 12.1 Å². The van der Waals surface area contributed by atoms with Crippen LogP contribution in [0, 0.1) is 0 Å². The van der Waals surface area contributed by atoms with Crippen molar-refractivity contribution in [3.05, 3.63) is 47.5 Å². The van der Waals surface area contributed by atoms with Gasteiger partial charge in [0.15, 0.2) is 37.7 Å². The third kappa shape index (κ3) is 17.8. The molecule has 6 aliphatic rings. The van der Waals surface area contributed by atoms with Crippen LogP contribution in [0.2, 0.25) is 0 Å². The van der Waals surface area contributed by atoms with E-state index in [-0.39, 0.29) is 68.0 Å². The van der Waals surface area contributed by atoms with Crippen molar-refractivity contribution in [1.29, 1.82) is 0 Å². The molecule has 8 heterocycles. The molecule has 0 amide bonds. The summed E-state index contributed by atoms with van der Waals surface area (Å²) < 4.78 is 80.7. The fourth-order valence-corrected chi connectivity index (χ4v) is 10.7. The van der Waals surface area contributed by atoms with E-state index in [1.165, 1.54) is 40.0 Å². The number of aliphatic hydroxyl groups excluding tert-OH is 20. The average Bonchev–Trinajstić information content (AvgIpc) is 1.87. The van der Waals surface area contributed by atoms with Gasteiger partial charge in [-0.25, -0.2) is 14.2 Å². The predicted molar refractivity (Wildman–Crippen MR) is 292 cm³/mol. The van der Waals surface area contributed by atoms with E-state index in [1.807, 2.05) is 0 Å². The Balaban J connectivity index is 0.695. The molecule has 9 rings (SSSR count). The lowest BCUT2D eigenvalue weighted by atomic mass is 9.98. The van der Waals surface area contributed by atoms with Gasteiger partial charge in [0.1, 0.15) is 183 Å². The lowest BCUT2D eigenvalue weighted by Gasteiger charge is -2.43. The molecule has 1 unspecified atom stereocenters. The minimum atomic E-state index is -1.90. The molecule has 0 spiro atoms. The second-order valence-corrected chi connectivity index (χ2v) is 23.0. The van der Waals surface area contributed by atoms with E-state index in [9.17, 15) is 112 Å². The fourth-order valence-electron chi connectivity index (χ4n) is 10.7. The summed E-state index contributed by atoms with van der Waals surface area (Å²) in [5.41, 5.74) is 0.295. The number of benzene rings is 1. The highest BCUT2D eigenvalue weighted by molar-refractivity contribution is 5.88. The van der Waals surface area contributed by atoms with Crippen molar-refractivity contribution in [3.8, 4) is 11.5 Å². The average molecular weight is 1380 g/mol. The number of rotatable bonds is 29. The molecular weight excluding hydrogens is 1300 g/mol. The van der Waals surface area contributed by atoms with Crippen LogP contribution in [0.4, 0.5) is 0 Å². The number of aliphatic hydroxyl groups is 20. The summed E-state index contributed by atoms with van der Waals surface area (Å²) in [6.07, 6.45) is -48.1. The molecule has 30 atom stereocenters. The van der Waals surface area contributed by atoms with Crippen LogP contribution in [0.3, 0.4) is 0 Å². The second kappa shape index (κ2) is 33.4. The van der Waals surface area contributed by atoms with E-state index in [1.54, 1.807) is 0 Å². The van der Waals surface area contributed by atoms with Gasteiger partial charge in [0.05, 0.1) is 83.9 Å². The summed E-state index contributed by atoms with van der Waals surface area (Å²) in [5, 5.41) is 233. The highest BCUT2D eigenvalue weighted by atomic mass is 16.8. The summed E-state index contributed by atoms with van der Waals surface area (Å²) in [4.78, 5) is 12.1. The van der Waals surface area contributed by atoms with Gasteiger partial charge in [0.2, 0.25) is 0 Å². The largest absolute Gasteiger partial charge is 0.487 e. The highest BCUT2D eigenvalue weighted by Gasteiger charge is 2.52. The second-order valence-electron chi connectivity index (χ2n) is 23.0. The number of aromatic nitrogens is 6. The fraction of sp³-hybridized carbons (Fsp3) is 0.792. The number of hydrogen-bond acceptors (Lipinski definition) is 39. The monoisotopic (exact) mass is 1380 g/mol. The maximum Gasteiger partial charge on any atom is 0.335 e. The predicted octanol–water partition coefficient (Wildman–Crippen LogP) is -13.3. The van der Waals surface area contributed by atoms with Crippen LogP contribution < -0.4 is 9.47 Å². The van der Waals surface area contributed by atoms with Gasteiger partial charge in [-0.1, -0.05) is 10.4 Å². The zero-order chi connectivity index (χ0) is 68.7. The van der Waals surface area contributed by atoms with Crippen LogP contribution >= 0.6 is 0 Å². The summed E-state index contributed by atoms with van der Waals surface area (Å²) in [6, 6.07) is 3.85. The standard InChI is InChI=1S/C53H80N6O36/c60-10-23-29(62)35(68)43(76)50(90-23)86-16-27-33(66)39(72)45(78)52(94-27)88-14-25-31(64)37(70)41(74)48(92-25)82-3-1-58-8-19(54-56-58)12-84-21-5-18(47(80)81)6-22(7-21)85-13-20-9-59(57-55-20)2-4-83-49-42(75)38(71)32(65)26(93-49)15-89-53-46(79)40(73)34(67)28(95-53)17-87-51-44(77)36(69)30(63)24(11-61)91-51/h5-9,23-46,48-53,60-79H,1-4,10-17H2,(H,80,81)/t23-,24-,25-,26-,27-,28-,29-,30-,31-,32-,33-,34-,35+,36+,37+,38?,39+,40+,41-,42-,43-,44-,45-,46-,48-,49-,50-,51-,52-,53-/m1/s1. The number of carboxylic acid groups (broad SMARTS) is 1. The molecule has 0 saturated carbocycles. The SMILES string of the molecule is O=C(O)c1cc(OCc2cn(CCO[C@@H]3O[C@H](CO[C@@H]4O[C@H](CO[C@@H]5O[C@H](CO)[C@@H](O)[C@H](O)[C@H]5O)[C@@H](O)[C@H](O)[C@H]4O)[C@@H](O)[C@H](O)[C@H]3O)nn2)cc(OCc2cn(CCO[C@@H]3O[C@H](CO[C@@H]4O[C@H](CO[C@@H]5O[C@H](CO)[C@@H](O)[C@H](O)[C@H]5O)[C@@H](O)[C@H](O)[C@H]4O)[C@@H](O)C(O)[C@H]3O)nn2)c1. The Labute approximate surface area is 535 Å². The van der Waals surface area contributed by atoms with Gasteiger partial charge in [0.25, 0.3) is 0 Å². The maximum atomic E-state index is 12.1. The first kappa shape index (κ1) is 74.5. The number of carbonyl (C=O) groups is 1. The van der Waals surface area contributed by atoms with Crippen LogP contribution in [0.15, 0.2) is 30.6 Å². The molecule has 42 heteroatoms. The molecule has 1 aromatic carbocycles. The van der Waals surface area contributed by atoms with E-state index in [2.05, 4.69) is 20.6 Å². The summed E-state index contributed by atoms with van der Waals surface area (Å²) in [5.74, 6) is -1.23. The van der Waals surface area contributed by atoms with Gasteiger partial charge >= 0.3 is 5.97 Å². The van der Waals surface area contributed by atoms with Crippen LogP contribution in [0.5, 0.6) is 11.5 Å². The third-order valence-electron chi connectivity index (χ3n) is 16.3. The molecule has 6 aliphatic heterocycles. The van der Waals surface area contributed by atoms with Crippen molar-refractivity contribution < 1.29 is 178 Å². The van der Waals surface area contributed by atoms with E-state index in [0.717, 1.165) is 0 Å². The first-order chi connectivity index (χ1) is 45.3. The van der Waals surface area contributed by atoms with Crippen molar-refractivity contribution in [2.24, 2.45) is 0 Å². The van der Waals surface area contributed by atoms with Crippen molar-refractivity contribution in [2.75, 3.05) is 52.9 Å². The van der Waals surface area contributed by atoms with Crippen LogP contribution in [0.1, 0.15) is 21.7 Å². The Kier molecular flexibility index (Phi) is 26.2. The quantitative estimate of drug-likeness (QED) is 0.0307. The lowest BCUT2D eigenvalue weighted by Crippen LogP contribution is -2.62. The third-order valence-corrected chi connectivity index (χ3v) is 16.3. The zero-order valence-corrected chi connectivity index (χ0v) is 49.9. The van der Waals surface area contributed by atoms with E-state index < -0.39 is 230 Å². The van der Waals surface area contributed by atoms with Crippen molar-refractivity contribution in [2.45, 2.75) is 211 Å². The normalized spacial score (nSPS) is 41.0. The van der Waals surface area contributed by atoms with Gasteiger partial charge in [-0.2, -0.15) is 0 Å². The highest BCUT2D eigenvalue weighted by Crippen LogP contribution is 2.32. The zero-order valence-electron chi connectivity index (χ0n) is 49.9. The van der Waals surface area contributed by atoms with E-state index in [0.29, 0.717) is 0 Å². The molecule has 538 valence electrons. The maximum absolute atomic E-state index is 12.1. The van der Waals surface area contributed by atoms with Gasteiger partial charge in [-0.15, -0.1) is 10.2 Å². The van der Waals surface area contributed by atoms with Crippen molar-refractivity contribution in [3.63, 3.8) is 0 Å². The molecule has 42 nitrogen and oxygen atoms in total. The van der Waals surface area contributed by atoms with Crippen LogP contribution in [-0.2, 0) is 83.1 Å². The van der Waals surface area contributed by atoms with Crippen LogP contribution in [0.25, 0.3) is 0 Å². The summed E-state index contributed by atoms with van der Waals surface area (Å²) in [7, 11) is 0. The van der Waals surface area contributed by atoms with Crippen molar-refractivity contribution in [1.82, 2.24) is 30.0 Å². The number of carboxylic acids is 1. The van der Waals surface area contributed by atoms with Gasteiger partial charge in [0, 0.05) is 6.07 Å². The Hall–Kier alpha value is -4.71. The topological polar surface area (TPSA) is 633 Å². The number of ether oxygens (including phenoxy) is 14. The molecule has 3 aromatic rings. The Morgan fingerprint density at radius 2 is 0.632 bits per heavy atom. The minimum Gasteiger partial charge on any atom is -0.487 e. The Morgan fingerprint density at radius 1 is 0.368 bits per heavy atom. The molecule has 2 aromatic heterocycles. The van der Waals surface area contributed by atoms with E-state index >= 15 is 0 Å². The minimum absolute atomic E-state index is 0.0290. The Morgan fingerprint density at radius 3 is 0.905 bits per heavy atom. The summed E-state index contributed by atoms with van der Waals surface area (Å²) >= 11 is 0. The summed E-state index contributed by atoms with van der Waals surface area (Å²) in [6.45, 7) is -5.12. The lowest BCUT2D eigenvalue weighted by molar-refractivity contribution is -0.342. The van der Waals surface area contributed by atoms with Crippen LogP contribution in [-0.4, -0.2) is 380 Å². The molecular formula is C53H80N6O36. The van der Waals surface area contributed by atoms with Gasteiger partial charge in [-0.3, -0.25) is 0 Å². The molecule has 21 N–H and O–H groups in total. The Bertz CT molecular complexity index is 2680. The molecule has 0 aliphatic carbocycles. The number of aromatic carboxylic acids is 1. The van der Waals surface area contributed by atoms with Gasteiger partial charge < -0.3 is 174 Å². The van der Waals surface area contributed by atoms with Crippen molar-refractivity contribution >= 4 is 5.97 Å². The van der Waals surface area contributed by atoms with E-state index in [4.69, 9.17) is 66.3 Å². The smallest absolute Gasteiger partial charge is 0.335 e. The number of nitrogens with zero attached hydrogens (tertiary/aromatic N) is 6. The number of hydrogen-bond donors (Lipinski definition) is 21. The first-order valence-corrected chi connectivity index (χ1v) is 29.8. The first-order valence-electron chi connectivity index (χ1n) is 29.8. The molecule has 0 radical (unpaired) electrons. The molecule has 95 heavy (non-hydrogen) atoms. The molecule has 6 fully saturated rings. The molecule has 0 bridgehead atoms.